The van der Waals surface area contributed by atoms with Gasteiger partial charge < -0.3 is 18.8 Å². The Kier molecular flexibility index (Phi) is 6.39. The van der Waals surface area contributed by atoms with Gasteiger partial charge in [0.25, 0.3) is 5.56 Å². The maximum Gasteiger partial charge on any atom is 0.416 e. The van der Waals surface area contributed by atoms with Gasteiger partial charge in [0.1, 0.15) is 21.8 Å². The van der Waals surface area contributed by atoms with Crippen molar-refractivity contribution in [3.8, 4) is 11.5 Å². The molecule has 0 atom stereocenters. The third kappa shape index (κ3) is 4.60. The molecule has 5 rings (SSSR count). The molecule has 0 unspecified atom stereocenters. The Bertz CT molecular complexity index is 1790. The van der Waals surface area contributed by atoms with Crippen LogP contribution in [0.5, 0.6) is 11.5 Å². The van der Waals surface area contributed by atoms with Crippen molar-refractivity contribution in [1.29, 1.82) is 0 Å². The number of halogens is 4. The number of methoxy groups -OCH3 is 1. The fourth-order valence-electron chi connectivity index (χ4n) is 4.05. The molecule has 0 aliphatic carbocycles. The van der Waals surface area contributed by atoms with Crippen LogP contribution < -0.4 is 15.9 Å². The van der Waals surface area contributed by atoms with E-state index in [0.29, 0.717) is 34.0 Å². The molecule has 0 fully saturated rings. The largest absolute Gasteiger partial charge is 0.505 e. The quantitative estimate of drug-likeness (QED) is 0.211. The zero-order valence-corrected chi connectivity index (χ0v) is 20.3. The van der Waals surface area contributed by atoms with Crippen molar-refractivity contribution in [2.45, 2.75) is 22.5 Å². The highest BCUT2D eigenvalue weighted by molar-refractivity contribution is 7.99. The molecule has 0 bridgehead atoms. The molecule has 0 saturated heterocycles. The van der Waals surface area contributed by atoms with E-state index in [4.69, 9.17) is 9.15 Å². The highest BCUT2D eigenvalue weighted by Gasteiger charge is 2.30. The molecule has 0 radical (unpaired) electrons. The first-order valence-electron chi connectivity index (χ1n) is 11.1. The molecule has 0 aliphatic rings. The van der Waals surface area contributed by atoms with Crippen molar-refractivity contribution in [1.82, 2.24) is 4.57 Å². The summed E-state index contributed by atoms with van der Waals surface area (Å²) < 4.78 is 64.3. The van der Waals surface area contributed by atoms with E-state index in [0.717, 1.165) is 24.3 Å². The maximum absolute atomic E-state index is 13.7. The molecule has 194 valence electrons. The normalized spacial score (nSPS) is 11.8. The van der Waals surface area contributed by atoms with Crippen molar-refractivity contribution < 1.29 is 31.8 Å². The second-order valence-corrected chi connectivity index (χ2v) is 9.38. The Morgan fingerprint density at radius 1 is 1.00 bits per heavy atom. The molecule has 0 spiro atoms. The summed E-state index contributed by atoms with van der Waals surface area (Å²) in [6, 6.07) is 14.3. The van der Waals surface area contributed by atoms with Gasteiger partial charge in [-0.1, -0.05) is 23.9 Å². The molecule has 5 aromatic rings. The zero-order valence-electron chi connectivity index (χ0n) is 19.5. The number of nitrogens with zero attached hydrogens (tertiary/aromatic N) is 1. The van der Waals surface area contributed by atoms with Gasteiger partial charge in [0.15, 0.2) is 11.3 Å². The number of benzene rings is 3. The summed E-state index contributed by atoms with van der Waals surface area (Å²) >= 11 is 0.670. The molecule has 2 heterocycles. The summed E-state index contributed by atoms with van der Waals surface area (Å²) in [7, 11) is 1.43. The Balaban J connectivity index is 1.72. The van der Waals surface area contributed by atoms with E-state index in [1.165, 1.54) is 35.9 Å². The van der Waals surface area contributed by atoms with Crippen LogP contribution in [0.2, 0.25) is 0 Å². The summed E-state index contributed by atoms with van der Waals surface area (Å²) in [5, 5.41) is 11.1. The summed E-state index contributed by atoms with van der Waals surface area (Å²) in [5.41, 5.74) is -1.73. The average Bonchev–Trinajstić information content (AvgIpc) is 2.89. The first-order chi connectivity index (χ1) is 18.1. The molecule has 0 aliphatic heterocycles. The van der Waals surface area contributed by atoms with E-state index in [2.05, 4.69) is 0 Å². The molecule has 2 aromatic heterocycles. The Labute approximate surface area is 215 Å². The maximum atomic E-state index is 13.7. The highest BCUT2D eigenvalue weighted by atomic mass is 32.2. The lowest BCUT2D eigenvalue weighted by Gasteiger charge is -2.15. The Morgan fingerprint density at radius 2 is 1.68 bits per heavy atom. The molecule has 0 saturated carbocycles. The molecule has 11 heteroatoms. The van der Waals surface area contributed by atoms with Gasteiger partial charge in [-0.3, -0.25) is 4.79 Å². The SMILES string of the molecule is COc1ccc2c(c1)c1oc(=O)c(Sc3ccc(C(F)(F)F)cc3)c(O)c1c(=O)n2Cc1ccc(F)cc1. The summed E-state index contributed by atoms with van der Waals surface area (Å²) in [4.78, 5) is 26.4. The lowest BCUT2D eigenvalue weighted by molar-refractivity contribution is -0.137. The number of hydrogen-bond donors (Lipinski definition) is 1. The van der Waals surface area contributed by atoms with Crippen LogP contribution in [-0.2, 0) is 12.7 Å². The standard InChI is InChI=1S/C27H17F4NO5S/c1-36-17-8-11-20-19(12-17)23-21(25(34)32(20)13-14-2-6-16(28)7-3-14)22(33)24(26(35)37-23)38-18-9-4-15(5-10-18)27(29,30)31/h2-12,33H,13H2,1H3. The summed E-state index contributed by atoms with van der Waals surface area (Å²) in [5.74, 6) is -0.710. The minimum absolute atomic E-state index is 0.0117. The molecule has 3 aromatic carbocycles. The van der Waals surface area contributed by atoms with Crippen LogP contribution in [0.25, 0.3) is 21.9 Å². The van der Waals surface area contributed by atoms with Crippen LogP contribution in [0.4, 0.5) is 17.6 Å². The predicted octanol–water partition coefficient (Wildman–Crippen LogP) is 6.18. The van der Waals surface area contributed by atoms with Crippen molar-refractivity contribution in [2.24, 2.45) is 0 Å². The smallest absolute Gasteiger partial charge is 0.416 e. The first kappa shape index (κ1) is 25.4. The predicted molar refractivity (Wildman–Crippen MR) is 134 cm³/mol. The number of ether oxygens (including phenoxy) is 1. The fraction of sp³-hybridized carbons (Fsp3) is 0.111. The Morgan fingerprint density at radius 3 is 2.32 bits per heavy atom. The summed E-state index contributed by atoms with van der Waals surface area (Å²) in [6.07, 6.45) is -4.54. The van der Waals surface area contributed by atoms with E-state index in [-0.39, 0.29) is 27.3 Å². The van der Waals surface area contributed by atoms with Crippen molar-refractivity contribution >= 4 is 33.6 Å². The highest BCUT2D eigenvalue weighted by Crippen LogP contribution is 2.39. The van der Waals surface area contributed by atoms with Gasteiger partial charge in [0, 0.05) is 10.3 Å². The summed E-state index contributed by atoms with van der Waals surface area (Å²) in [6.45, 7) is 0.0117. The Hall–Kier alpha value is -4.25. The van der Waals surface area contributed by atoms with Crippen LogP contribution in [-0.4, -0.2) is 16.8 Å². The monoisotopic (exact) mass is 543 g/mol. The fourth-order valence-corrected chi connectivity index (χ4v) is 4.88. The molecule has 6 nitrogen and oxygen atoms in total. The van der Waals surface area contributed by atoms with Crippen molar-refractivity contribution in [3.63, 3.8) is 0 Å². The van der Waals surface area contributed by atoms with Gasteiger partial charge in [0.2, 0.25) is 0 Å². The van der Waals surface area contributed by atoms with Crippen LogP contribution in [0, 0.1) is 5.82 Å². The van der Waals surface area contributed by atoms with Gasteiger partial charge in [-0.05, 0) is 60.2 Å². The van der Waals surface area contributed by atoms with Crippen molar-refractivity contribution in [2.75, 3.05) is 7.11 Å². The van der Waals surface area contributed by atoms with Gasteiger partial charge >= 0.3 is 11.8 Å². The molecular formula is C27H17F4NO5S. The molecule has 38 heavy (non-hydrogen) atoms. The van der Waals surface area contributed by atoms with E-state index in [1.807, 2.05) is 0 Å². The van der Waals surface area contributed by atoms with E-state index < -0.39 is 34.5 Å². The van der Waals surface area contributed by atoms with Crippen molar-refractivity contribution in [3.05, 3.63) is 104 Å². The van der Waals surface area contributed by atoms with Gasteiger partial charge in [-0.2, -0.15) is 13.2 Å². The average molecular weight is 543 g/mol. The van der Waals surface area contributed by atoms with Gasteiger partial charge in [0.05, 0.1) is 24.7 Å². The topological polar surface area (TPSA) is 81.7 Å². The molecule has 0 amide bonds. The number of rotatable bonds is 5. The number of alkyl halides is 3. The number of aromatic nitrogens is 1. The minimum atomic E-state index is -4.54. The van der Waals surface area contributed by atoms with E-state index >= 15 is 0 Å². The second kappa shape index (κ2) is 9.56. The lowest BCUT2D eigenvalue weighted by atomic mass is 10.1. The number of fused-ring (bicyclic) bond motifs is 3. The van der Waals surface area contributed by atoms with Crippen LogP contribution >= 0.6 is 11.8 Å². The van der Waals surface area contributed by atoms with Crippen LogP contribution in [0.3, 0.4) is 0 Å². The number of hydrogen-bond acceptors (Lipinski definition) is 6. The molecular weight excluding hydrogens is 526 g/mol. The number of pyridine rings is 1. The third-order valence-corrected chi connectivity index (χ3v) is 6.98. The van der Waals surface area contributed by atoms with E-state index in [9.17, 15) is 32.3 Å². The number of aromatic hydroxyl groups is 1. The third-order valence-electron chi connectivity index (χ3n) is 5.91. The van der Waals surface area contributed by atoms with E-state index in [1.54, 1.807) is 18.2 Å². The second-order valence-electron chi connectivity index (χ2n) is 8.30. The molecule has 1 N–H and O–H groups in total. The zero-order chi connectivity index (χ0) is 27.2. The van der Waals surface area contributed by atoms with Crippen LogP contribution in [0.1, 0.15) is 11.1 Å². The van der Waals surface area contributed by atoms with Crippen LogP contribution in [0.15, 0.2) is 90.5 Å². The van der Waals surface area contributed by atoms with Gasteiger partial charge in [-0.15, -0.1) is 0 Å². The lowest BCUT2D eigenvalue weighted by Crippen LogP contribution is -2.23. The minimum Gasteiger partial charge on any atom is -0.505 e. The first-order valence-corrected chi connectivity index (χ1v) is 11.9. The van der Waals surface area contributed by atoms with Gasteiger partial charge in [-0.25, -0.2) is 9.18 Å².